The number of hydrogen-bond donors (Lipinski definition) is 2. The number of hydrogen-bond acceptors (Lipinski definition) is 5. The minimum absolute atomic E-state index is 0.0606. The molecule has 1 aromatic heterocycles. The number of fused-ring (bicyclic) bond motifs is 1. The lowest BCUT2D eigenvalue weighted by molar-refractivity contribution is -0.130. The molecule has 2 heterocycles. The monoisotopic (exact) mass is 412 g/mol. The number of aromatic nitrogens is 1. The minimum Gasteiger partial charge on any atom is -0.349 e. The number of imide groups is 1. The van der Waals surface area contributed by atoms with E-state index in [0.29, 0.717) is 30.3 Å². The molecule has 2 aromatic rings. The van der Waals surface area contributed by atoms with Crippen molar-refractivity contribution in [3.05, 3.63) is 35.9 Å². The fourth-order valence-electron chi connectivity index (χ4n) is 3.32. The van der Waals surface area contributed by atoms with Gasteiger partial charge in [-0.3, -0.25) is 14.5 Å². The van der Waals surface area contributed by atoms with E-state index in [9.17, 15) is 14.4 Å². The molecule has 1 saturated carbocycles. The Hall–Kier alpha value is -2.61. The third-order valence-corrected chi connectivity index (χ3v) is 6.07. The van der Waals surface area contributed by atoms with E-state index in [2.05, 4.69) is 15.6 Å². The van der Waals surface area contributed by atoms with Crippen LogP contribution in [0.15, 0.2) is 35.4 Å². The molecule has 0 bridgehead atoms. The quantitative estimate of drug-likeness (QED) is 0.414. The molecule has 0 radical (unpaired) electrons. The summed E-state index contributed by atoms with van der Waals surface area (Å²) in [6, 6.07) is 9.42. The summed E-state index contributed by atoms with van der Waals surface area (Å²) in [5.74, 6) is 0.428. The summed E-state index contributed by atoms with van der Waals surface area (Å²) in [5.41, 5.74) is 0.587. The second kappa shape index (κ2) is 7.67. The molecule has 2 aliphatic rings. The Labute approximate surface area is 173 Å². The number of para-hydroxylation sites is 1. The standard InChI is InChI=1S/C21H24N4O3S/c1-21(2)19(27)25(20(28)24-21)10-5-11-29-17-12-15(18(26)22-13-8-9-13)14-6-3-4-7-16(14)23-17/h3-4,6-7,12-13H,5,8-11H2,1-2H3,(H,22,26)(H,24,28). The Kier molecular flexibility index (Phi) is 5.21. The summed E-state index contributed by atoms with van der Waals surface area (Å²) < 4.78 is 0. The van der Waals surface area contributed by atoms with Gasteiger partial charge in [0.1, 0.15) is 5.54 Å². The fraction of sp³-hybridized carbons (Fsp3) is 0.429. The van der Waals surface area contributed by atoms with Crippen molar-refractivity contribution in [3.8, 4) is 0 Å². The molecular weight excluding hydrogens is 388 g/mol. The summed E-state index contributed by atoms with van der Waals surface area (Å²) in [4.78, 5) is 42.8. The molecular formula is C21H24N4O3S. The molecule has 152 valence electrons. The van der Waals surface area contributed by atoms with Crippen LogP contribution >= 0.6 is 11.8 Å². The highest BCUT2D eigenvalue weighted by Crippen LogP contribution is 2.26. The van der Waals surface area contributed by atoms with Crippen LogP contribution in [0.3, 0.4) is 0 Å². The molecule has 1 saturated heterocycles. The normalized spacial score (nSPS) is 18.2. The molecule has 4 amide bonds. The third kappa shape index (κ3) is 4.22. The largest absolute Gasteiger partial charge is 0.349 e. The summed E-state index contributed by atoms with van der Waals surface area (Å²) in [5, 5.41) is 7.34. The van der Waals surface area contributed by atoms with Crippen molar-refractivity contribution in [1.82, 2.24) is 20.5 Å². The van der Waals surface area contributed by atoms with Crippen molar-refractivity contribution in [2.45, 2.75) is 49.7 Å². The van der Waals surface area contributed by atoms with Crippen molar-refractivity contribution < 1.29 is 14.4 Å². The summed E-state index contributed by atoms with van der Waals surface area (Å²) in [6.45, 7) is 3.77. The van der Waals surface area contributed by atoms with Crippen molar-refractivity contribution >= 4 is 40.5 Å². The van der Waals surface area contributed by atoms with Crippen molar-refractivity contribution in [3.63, 3.8) is 0 Å². The first-order chi connectivity index (χ1) is 13.8. The maximum absolute atomic E-state index is 12.7. The maximum atomic E-state index is 12.7. The van der Waals surface area contributed by atoms with Crippen LogP contribution in [-0.4, -0.2) is 51.6 Å². The first-order valence-corrected chi connectivity index (χ1v) is 10.8. The van der Waals surface area contributed by atoms with Gasteiger partial charge in [-0.15, -0.1) is 11.8 Å². The number of carbonyl (C=O) groups is 3. The van der Waals surface area contributed by atoms with Crippen LogP contribution < -0.4 is 10.6 Å². The van der Waals surface area contributed by atoms with E-state index in [-0.39, 0.29) is 17.8 Å². The minimum atomic E-state index is -0.839. The number of urea groups is 1. The average Bonchev–Trinajstić information content (AvgIpc) is 3.47. The Morgan fingerprint density at radius 2 is 2.07 bits per heavy atom. The first kappa shape index (κ1) is 19.7. The molecule has 8 heteroatoms. The van der Waals surface area contributed by atoms with Gasteiger partial charge in [-0.05, 0) is 45.2 Å². The van der Waals surface area contributed by atoms with E-state index < -0.39 is 5.54 Å². The van der Waals surface area contributed by atoms with Crippen LogP contribution in [-0.2, 0) is 4.79 Å². The lowest BCUT2D eigenvalue weighted by Crippen LogP contribution is -2.40. The molecule has 2 fully saturated rings. The van der Waals surface area contributed by atoms with Gasteiger partial charge in [-0.1, -0.05) is 18.2 Å². The van der Waals surface area contributed by atoms with Crippen LogP contribution in [0.25, 0.3) is 10.9 Å². The first-order valence-electron chi connectivity index (χ1n) is 9.83. The number of rotatable bonds is 7. The van der Waals surface area contributed by atoms with Crippen LogP contribution in [0.1, 0.15) is 43.5 Å². The number of carbonyl (C=O) groups excluding carboxylic acids is 3. The number of amides is 4. The average molecular weight is 413 g/mol. The molecule has 1 aromatic carbocycles. The predicted molar refractivity (Wildman–Crippen MR) is 112 cm³/mol. The van der Waals surface area contributed by atoms with E-state index in [1.54, 1.807) is 13.8 Å². The smallest absolute Gasteiger partial charge is 0.325 e. The highest BCUT2D eigenvalue weighted by atomic mass is 32.2. The molecule has 7 nitrogen and oxygen atoms in total. The van der Waals surface area contributed by atoms with E-state index >= 15 is 0 Å². The molecule has 4 rings (SSSR count). The third-order valence-electron chi connectivity index (χ3n) is 5.07. The number of thioether (sulfide) groups is 1. The molecule has 1 aliphatic heterocycles. The highest BCUT2D eigenvalue weighted by molar-refractivity contribution is 7.99. The fourth-order valence-corrected chi connectivity index (χ4v) is 4.17. The number of nitrogens with one attached hydrogen (secondary N) is 2. The van der Waals surface area contributed by atoms with Gasteiger partial charge in [0.25, 0.3) is 11.8 Å². The van der Waals surface area contributed by atoms with Crippen molar-refractivity contribution in [1.29, 1.82) is 0 Å². The topological polar surface area (TPSA) is 91.4 Å². The predicted octanol–water partition coefficient (Wildman–Crippen LogP) is 2.94. The zero-order valence-electron chi connectivity index (χ0n) is 16.5. The van der Waals surface area contributed by atoms with Crippen LogP contribution in [0.5, 0.6) is 0 Å². The highest BCUT2D eigenvalue weighted by Gasteiger charge is 2.43. The van der Waals surface area contributed by atoms with Gasteiger partial charge in [0.2, 0.25) is 0 Å². The van der Waals surface area contributed by atoms with E-state index in [1.807, 2.05) is 30.3 Å². The molecule has 0 atom stereocenters. The van der Waals surface area contributed by atoms with Gasteiger partial charge in [0.15, 0.2) is 0 Å². The van der Waals surface area contributed by atoms with Crippen molar-refractivity contribution in [2.24, 2.45) is 0 Å². The Bertz CT molecular complexity index is 987. The summed E-state index contributed by atoms with van der Waals surface area (Å²) in [7, 11) is 0. The van der Waals surface area contributed by atoms with E-state index in [1.165, 1.54) is 16.7 Å². The molecule has 1 aliphatic carbocycles. The Balaban J connectivity index is 1.42. The van der Waals surface area contributed by atoms with Crippen molar-refractivity contribution in [2.75, 3.05) is 12.3 Å². The number of nitrogens with zero attached hydrogens (tertiary/aromatic N) is 2. The molecule has 0 spiro atoms. The zero-order chi connectivity index (χ0) is 20.6. The van der Waals surface area contributed by atoms with Gasteiger partial charge >= 0.3 is 6.03 Å². The molecule has 2 N–H and O–H groups in total. The van der Waals surface area contributed by atoms with E-state index in [4.69, 9.17) is 0 Å². The van der Waals surface area contributed by atoms with Crippen LogP contribution in [0, 0.1) is 0 Å². The molecule has 0 unspecified atom stereocenters. The van der Waals surface area contributed by atoms with Gasteiger partial charge in [0, 0.05) is 23.7 Å². The van der Waals surface area contributed by atoms with Gasteiger partial charge < -0.3 is 10.6 Å². The SMILES string of the molecule is CC1(C)NC(=O)N(CCCSc2cc(C(=O)NC3CC3)c3ccccc3n2)C1=O. The van der Waals surface area contributed by atoms with Crippen LogP contribution in [0.2, 0.25) is 0 Å². The number of benzene rings is 1. The van der Waals surface area contributed by atoms with E-state index in [0.717, 1.165) is 28.8 Å². The van der Waals surface area contributed by atoms with Gasteiger partial charge in [-0.2, -0.15) is 0 Å². The summed E-state index contributed by atoms with van der Waals surface area (Å²) in [6.07, 6.45) is 2.73. The lowest BCUT2D eigenvalue weighted by Gasteiger charge is -2.15. The van der Waals surface area contributed by atoms with Crippen LogP contribution in [0.4, 0.5) is 4.79 Å². The second-order valence-electron chi connectivity index (χ2n) is 7.99. The Morgan fingerprint density at radius 3 is 2.76 bits per heavy atom. The lowest BCUT2D eigenvalue weighted by atomic mass is 10.1. The maximum Gasteiger partial charge on any atom is 0.325 e. The molecule has 29 heavy (non-hydrogen) atoms. The number of pyridine rings is 1. The van der Waals surface area contributed by atoms with Gasteiger partial charge in [-0.25, -0.2) is 9.78 Å². The van der Waals surface area contributed by atoms with Gasteiger partial charge in [0.05, 0.1) is 16.1 Å². The zero-order valence-corrected chi connectivity index (χ0v) is 17.3. The second-order valence-corrected chi connectivity index (χ2v) is 9.10. The Morgan fingerprint density at radius 1 is 1.31 bits per heavy atom. The summed E-state index contributed by atoms with van der Waals surface area (Å²) >= 11 is 1.53.